The Kier molecular flexibility index (Phi) is 5.63. The average molecular weight is 326 g/mol. The maximum Gasteiger partial charge on any atom is 0.123 e. The van der Waals surface area contributed by atoms with Crippen LogP contribution in [0.4, 0.5) is 4.39 Å². The molecule has 0 fully saturated rings. The topological polar surface area (TPSA) is 12.0 Å². The SMILES string of the molecule is CCNC(Cc1ccc(F)cc1C)c1ccc(Cl)cc1Cl. The molecule has 0 aromatic heterocycles. The van der Waals surface area contributed by atoms with Gasteiger partial charge in [-0.05, 0) is 60.8 Å². The number of nitrogens with one attached hydrogen (secondary N) is 1. The third kappa shape index (κ3) is 4.19. The molecule has 2 aromatic rings. The first-order valence-electron chi connectivity index (χ1n) is 6.94. The molecule has 1 N–H and O–H groups in total. The van der Waals surface area contributed by atoms with Crippen molar-refractivity contribution < 1.29 is 4.39 Å². The van der Waals surface area contributed by atoms with E-state index in [0.29, 0.717) is 10.0 Å². The van der Waals surface area contributed by atoms with Gasteiger partial charge < -0.3 is 5.32 Å². The minimum absolute atomic E-state index is 0.0731. The van der Waals surface area contributed by atoms with Crippen LogP contribution >= 0.6 is 23.2 Å². The summed E-state index contributed by atoms with van der Waals surface area (Å²) in [5, 5.41) is 4.70. The van der Waals surface area contributed by atoms with E-state index in [2.05, 4.69) is 5.32 Å². The van der Waals surface area contributed by atoms with Crippen LogP contribution in [0, 0.1) is 12.7 Å². The van der Waals surface area contributed by atoms with Gasteiger partial charge in [-0.25, -0.2) is 4.39 Å². The van der Waals surface area contributed by atoms with E-state index < -0.39 is 0 Å². The van der Waals surface area contributed by atoms with E-state index in [4.69, 9.17) is 23.2 Å². The zero-order chi connectivity index (χ0) is 15.4. The zero-order valence-electron chi connectivity index (χ0n) is 12.1. The molecule has 4 heteroatoms. The van der Waals surface area contributed by atoms with E-state index in [1.165, 1.54) is 6.07 Å². The van der Waals surface area contributed by atoms with Gasteiger partial charge >= 0.3 is 0 Å². The number of benzene rings is 2. The molecule has 1 nitrogen and oxygen atoms in total. The molecule has 0 aliphatic carbocycles. The molecule has 0 saturated carbocycles. The van der Waals surface area contributed by atoms with Crippen LogP contribution in [-0.4, -0.2) is 6.54 Å². The Hall–Kier alpha value is -1.09. The fourth-order valence-corrected chi connectivity index (χ4v) is 2.97. The van der Waals surface area contributed by atoms with Crippen molar-refractivity contribution in [3.05, 3.63) is 69.0 Å². The quantitative estimate of drug-likeness (QED) is 0.782. The molecular weight excluding hydrogens is 308 g/mol. The minimum Gasteiger partial charge on any atom is -0.310 e. The molecule has 0 bridgehead atoms. The Morgan fingerprint density at radius 3 is 2.52 bits per heavy atom. The molecule has 0 radical (unpaired) electrons. The third-order valence-corrected chi connectivity index (χ3v) is 4.08. The highest BCUT2D eigenvalue weighted by Crippen LogP contribution is 2.29. The van der Waals surface area contributed by atoms with Gasteiger partial charge in [0.25, 0.3) is 0 Å². The summed E-state index contributed by atoms with van der Waals surface area (Å²) in [5.74, 6) is -0.208. The van der Waals surface area contributed by atoms with Crippen LogP contribution in [0.3, 0.4) is 0 Å². The zero-order valence-corrected chi connectivity index (χ0v) is 13.6. The van der Waals surface area contributed by atoms with Crippen LogP contribution in [0.25, 0.3) is 0 Å². The van der Waals surface area contributed by atoms with Crippen molar-refractivity contribution in [3.8, 4) is 0 Å². The summed E-state index contributed by atoms with van der Waals surface area (Å²) in [4.78, 5) is 0. The molecule has 112 valence electrons. The summed E-state index contributed by atoms with van der Waals surface area (Å²) in [5.41, 5.74) is 3.06. The van der Waals surface area contributed by atoms with Gasteiger partial charge in [-0.15, -0.1) is 0 Å². The summed E-state index contributed by atoms with van der Waals surface area (Å²) < 4.78 is 13.2. The summed E-state index contributed by atoms with van der Waals surface area (Å²) in [6.07, 6.45) is 0.751. The number of hydrogen-bond donors (Lipinski definition) is 1. The second-order valence-corrected chi connectivity index (χ2v) is 5.89. The lowest BCUT2D eigenvalue weighted by molar-refractivity contribution is 0.547. The van der Waals surface area contributed by atoms with Crippen molar-refractivity contribution in [1.29, 1.82) is 0 Å². The predicted molar refractivity (Wildman–Crippen MR) is 87.7 cm³/mol. The van der Waals surface area contributed by atoms with Gasteiger partial charge in [-0.3, -0.25) is 0 Å². The summed E-state index contributed by atoms with van der Waals surface area (Å²) in [6, 6.07) is 10.5. The molecule has 2 rings (SSSR count). The Morgan fingerprint density at radius 2 is 1.90 bits per heavy atom. The average Bonchev–Trinajstić information content (AvgIpc) is 2.41. The van der Waals surface area contributed by atoms with E-state index in [-0.39, 0.29) is 11.9 Å². The lowest BCUT2D eigenvalue weighted by Crippen LogP contribution is -2.23. The lowest BCUT2D eigenvalue weighted by atomic mass is 9.96. The highest BCUT2D eigenvalue weighted by molar-refractivity contribution is 6.35. The van der Waals surface area contributed by atoms with Crippen LogP contribution in [0.5, 0.6) is 0 Å². The van der Waals surface area contributed by atoms with E-state index in [9.17, 15) is 4.39 Å². The smallest absolute Gasteiger partial charge is 0.123 e. The molecule has 0 aliphatic rings. The first kappa shape index (κ1) is 16.3. The number of hydrogen-bond acceptors (Lipinski definition) is 1. The van der Waals surface area contributed by atoms with Crippen molar-refractivity contribution >= 4 is 23.2 Å². The highest BCUT2D eigenvalue weighted by Gasteiger charge is 2.16. The maximum atomic E-state index is 13.2. The molecule has 1 atom stereocenters. The van der Waals surface area contributed by atoms with Gasteiger partial charge in [0.05, 0.1) is 0 Å². The Morgan fingerprint density at radius 1 is 1.14 bits per heavy atom. The fourth-order valence-electron chi connectivity index (χ4n) is 2.43. The van der Waals surface area contributed by atoms with Gasteiger partial charge in [0, 0.05) is 16.1 Å². The van der Waals surface area contributed by atoms with Crippen LogP contribution in [0.1, 0.15) is 29.7 Å². The highest BCUT2D eigenvalue weighted by atomic mass is 35.5. The molecule has 0 spiro atoms. The normalized spacial score (nSPS) is 12.4. The van der Waals surface area contributed by atoms with Crippen LogP contribution in [0.2, 0.25) is 10.0 Å². The largest absolute Gasteiger partial charge is 0.310 e. The first-order valence-corrected chi connectivity index (χ1v) is 7.70. The number of halogens is 3. The van der Waals surface area contributed by atoms with Crippen molar-refractivity contribution in [2.24, 2.45) is 0 Å². The van der Waals surface area contributed by atoms with E-state index in [0.717, 1.165) is 29.7 Å². The summed E-state index contributed by atoms with van der Waals surface area (Å²) in [7, 11) is 0. The summed E-state index contributed by atoms with van der Waals surface area (Å²) in [6.45, 7) is 4.79. The molecule has 2 aromatic carbocycles. The molecule has 0 heterocycles. The van der Waals surface area contributed by atoms with Crippen molar-refractivity contribution in [2.45, 2.75) is 26.3 Å². The lowest BCUT2D eigenvalue weighted by Gasteiger charge is -2.21. The molecule has 1 unspecified atom stereocenters. The maximum absolute atomic E-state index is 13.2. The second kappa shape index (κ2) is 7.26. The number of likely N-dealkylation sites (N-methyl/N-ethyl adjacent to an activating group) is 1. The molecule has 0 saturated heterocycles. The van der Waals surface area contributed by atoms with Gasteiger partial charge in [-0.1, -0.05) is 42.3 Å². The van der Waals surface area contributed by atoms with E-state index in [1.54, 1.807) is 12.1 Å². The van der Waals surface area contributed by atoms with Gasteiger partial charge in [0.1, 0.15) is 5.82 Å². The Balaban J connectivity index is 2.30. The monoisotopic (exact) mass is 325 g/mol. The van der Waals surface area contributed by atoms with Crippen molar-refractivity contribution in [3.63, 3.8) is 0 Å². The van der Waals surface area contributed by atoms with Crippen LogP contribution in [0.15, 0.2) is 36.4 Å². The van der Waals surface area contributed by atoms with Crippen molar-refractivity contribution in [1.82, 2.24) is 5.32 Å². The Labute approximate surface area is 135 Å². The molecule has 0 aliphatic heterocycles. The standard InChI is InChI=1S/C17H18Cl2FN/c1-3-21-17(15-7-5-13(18)10-16(15)19)9-12-4-6-14(20)8-11(12)2/h4-8,10,17,21H,3,9H2,1-2H3. The fraction of sp³-hybridized carbons (Fsp3) is 0.294. The minimum atomic E-state index is -0.208. The van der Waals surface area contributed by atoms with Gasteiger partial charge in [-0.2, -0.15) is 0 Å². The molecular formula is C17H18Cl2FN. The van der Waals surface area contributed by atoms with Crippen molar-refractivity contribution in [2.75, 3.05) is 6.54 Å². The Bertz CT molecular complexity index is 628. The molecule has 0 amide bonds. The van der Waals surface area contributed by atoms with Crippen LogP contribution in [-0.2, 0) is 6.42 Å². The van der Waals surface area contributed by atoms with Crippen LogP contribution < -0.4 is 5.32 Å². The number of rotatable bonds is 5. The predicted octanol–water partition coefficient (Wildman–Crippen LogP) is 5.33. The number of aryl methyl sites for hydroxylation is 1. The summed E-state index contributed by atoms with van der Waals surface area (Å²) >= 11 is 12.3. The van der Waals surface area contributed by atoms with Gasteiger partial charge in [0.2, 0.25) is 0 Å². The molecule has 21 heavy (non-hydrogen) atoms. The third-order valence-electron chi connectivity index (χ3n) is 3.52. The second-order valence-electron chi connectivity index (χ2n) is 5.05. The van der Waals surface area contributed by atoms with E-state index in [1.807, 2.05) is 32.0 Å². The van der Waals surface area contributed by atoms with Gasteiger partial charge in [0.15, 0.2) is 0 Å². The van der Waals surface area contributed by atoms with E-state index >= 15 is 0 Å². The first-order chi connectivity index (χ1) is 10.0.